The third-order valence-corrected chi connectivity index (χ3v) is 5.45. The lowest BCUT2D eigenvalue weighted by Crippen LogP contribution is -2.55. The van der Waals surface area contributed by atoms with E-state index in [1.807, 2.05) is 0 Å². The smallest absolute Gasteiger partial charge is 0.0563 e. The summed E-state index contributed by atoms with van der Waals surface area (Å²) in [6.45, 7) is 3.06. The van der Waals surface area contributed by atoms with Gasteiger partial charge < -0.3 is 11.1 Å². The number of hydrogen-bond acceptors (Lipinski definition) is 2. The zero-order valence-corrected chi connectivity index (χ0v) is 12.7. The lowest BCUT2D eigenvalue weighted by molar-refractivity contribution is 0.220. The molecule has 0 aliphatic heterocycles. The molecular formula is C18H28N2. The summed E-state index contributed by atoms with van der Waals surface area (Å²) < 4.78 is 0. The first-order valence-electron chi connectivity index (χ1n) is 8.32. The Hall–Kier alpha value is -0.860. The highest BCUT2D eigenvalue weighted by atomic mass is 15.0. The van der Waals surface area contributed by atoms with Crippen molar-refractivity contribution in [2.75, 3.05) is 6.54 Å². The lowest BCUT2D eigenvalue weighted by Gasteiger charge is -2.44. The fourth-order valence-electron chi connectivity index (χ4n) is 4.17. The van der Waals surface area contributed by atoms with Crippen molar-refractivity contribution in [1.82, 2.24) is 5.32 Å². The highest BCUT2D eigenvalue weighted by molar-refractivity contribution is 5.39. The van der Waals surface area contributed by atoms with E-state index in [4.69, 9.17) is 5.73 Å². The maximum absolute atomic E-state index is 6.25. The molecule has 2 aliphatic carbocycles. The number of hydrogen-bond donors (Lipinski definition) is 2. The molecule has 110 valence electrons. The van der Waals surface area contributed by atoms with Gasteiger partial charge in [0.15, 0.2) is 0 Å². The summed E-state index contributed by atoms with van der Waals surface area (Å²) in [5.74, 6) is 0.666. The van der Waals surface area contributed by atoms with E-state index in [0.29, 0.717) is 18.5 Å². The van der Waals surface area contributed by atoms with Crippen molar-refractivity contribution in [3.63, 3.8) is 0 Å². The molecule has 2 aliphatic rings. The van der Waals surface area contributed by atoms with Gasteiger partial charge in [0.2, 0.25) is 0 Å². The molecule has 1 fully saturated rings. The van der Waals surface area contributed by atoms with Crippen LogP contribution < -0.4 is 11.1 Å². The summed E-state index contributed by atoms with van der Waals surface area (Å²) in [6, 6.07) is 9.60. The van der Waals surface area contributed by atoms with Crippen LogP contribution in [0.5, 0.6) is 0 Å². The molecule has 3 N–H and O–H groups in total. The second-order valence-corrected chi connectivity index (χ2v) is 6.79. The highest BCUT2D eigenvalue weighted by Gasteiger charge is 2.38. The Kier molecular flexibility index (Phi) is 4.13. The number of nitrogens with one attached hydrogen (secondary N) is 1. The molecule has 1 saturated carbocycles. The first-order valence-corrected chi connectivity index (χ1v) is 8.32. The molecule has 0 bridgehead atoms. The van der Waals surface area contributed by atoms with Crippen molar-refractivity contribution >= 4 is 0 Å². The zero-order chi connectivity index (χ0) is 14.0. The van der Waals surface area contributed by atoms with E-state index in [-0.39, 0.29) is 5.54 Å². The molecule has 0 aromatic heterocycles. The first kappa shape index (κ1) is 14.1. The second-order valence-electron chi connectivity index (χ2n) is 6.79. The fraction of sp³-hybridized carbons (Fsp3) is 0.667. The Morgan fingerprint density at radius 1 is 1.15 bits per heavy atom. The van der Waals surface area contributed by atoms with Crippen molar-refractivity contribution in [2.24, 2.45) is 5.73 Å². The van der Waals surface area contributed by atoms with Crippen LogP contribution in [0.15, 0.2) is 24.3 Å². The number of fused-ring (bicyclic) bond motifs is 1. The average molecular weight is 272 g/mol. The summed E-state index contributed by atoms with van der Waals surface area (Å²) >= 11 is 0. The van der Waals surface area contributed by atoms with E-state index >= 15 is 0 Å². The minimum atomic E-state index is 0.0190. The molecule has 1 aromatic rings. The van der Waals surface area contributed by atoms with E-state index in [1.165, 1.54) is 56.1 Å². The standard InChI is InChI=1S/C18H28N2/c1-14-11-12-18(13-19,17-10-6-5-9-16(14)17)20-15-7-3-2-4-8-15/h5-6,9-10,14-15,20H,2-4,7-8,11-13,19H2,1H3. The van der Waals surface area contributed by atoms with Crippen molar-refractivity contribution in [3.8, 4) is 0 Å². The van der Waals surface area contributed by atoms with Crippen LogP contribution in [-0.4, -0.2) is 12.6 Å². The summed E-state index contributed by atoms with van der Waals surface area (Å²) in [7, 11) is 0. The van der Waals surface area contributed by atoms with Crippen LogP contribution in [0.2, 0.25) is 0 Å². The van der Waals surface area contributed by atoms with Gasteiger partial charge in [-0.3, -0.25) is 0 Å². The predicted octanol–water partition coefficient (Wildman–Crippen LogP) is 3.66. The maximum atomic E-state index is 6.25. The van der Waals surface area contributed by atoms with E-state index in [0.717, 1.165) is 0 Å². The predicted molar refractivity (Wildman–Crippen MR) is 84.8 cm³/mol. The van der Waals surface area contributed by atoms with Crippen LogP contribution in [0.3, 0.4) is 0 Å². The molecular weight excluding hydrogens is 244 g/mol. The monoisotopic (exact) mass is 272 g/mol. The Morgan fingerprint density at radius 2 is 1.90 bits per heavy atom. The highest BCUT2D eigenvalue weighted by Crippen LogP contribution is 2.41. The normalized spacial score (nSPS) is 31.0. The topological polar surface area (TPSA) is 38.0 Å². The average Bonchev–Trinajstić information content (AvgIpc) is 2.52. The van der Waals surface area contributed by atoms with Gasteiger partial charge in [0.25, 0.3) is 0 Å². The van der Waals surface area contributed by atoms with Gasteiger partial charge in [-0.15, -0.1) is 0 Å². The quantitative estimate of drug-likeness (QED) is 0.881. The Bertz CT molecular complexity index is 450. The first-order chi connectivity index (χ1) is 9.75. The van der Waals surface area contributed by atoms with Crippen molar-refractivity contribution in [3.05, 3.63) is 35.4 Å². The molecule has 2 nitrogen and oxygen atoms in total. The molecule has 2 atom stereocenters. The van der Waals surface area contributed by atoms with Crippen LogP contribution >= 0.6 is 0 Å². The Balaban J connectivity index is 1.90. The molecule has 0 radical (unpaired) electrons. The minimum absolute atomic E-state index is 0.0190. The second kappa shape index (κ2) is 5.87. The fourth-order valence-corrected chi connectivity index (χ4v) is 4.17. The Labute approximate surface area is 123 Å². The van der Waals surface area contributed by atoms with Gasteiger partial charge in [-0.2, -0.15) is 0 Å². The molecule has 3 rings (SSSR count). The van der Waals surface area contributed by atoms with Crippen LogP contribution in [0.4, 0.5) is 0 Å². The van der Waals surface area contributed by atoms with Gasteiger partial charge in [-0.25, -0.2) is 0 Å². The molecule has 20 heavy (non-hydrogen) atoms. The third kappa shape index (κ3) is 2.51. The van der Waals surface area contributed by atoms with E-state index in [2.05, 4.69) is 36.5 Å². The molecule has 0 saturated heterocycles. The van der Waals surface area contributed by atoms with Gasteiger partial charge in [-0.05, 0) is 42.7 Å². The summed E-state index contributed by atoms with van der Waals surface area (Å²) in [5.41, 5.74) is 9.24. The SMILES string of the molecule is CC1CCC(CN)(NC2CCCCC2)c2ccccc21. The largest absolute Gasteiger partial charge is 0.328 e. The summed E-state index contributed by atoms with van der Waals surface area (Å²) in [4.78, 5) is 0. The van der Waals surface area contributed by atoms with E-state index in [9.17, 15) is 0 Å². The van der Waals surface area contributed by atoms with Gasteiger partial charge in [-0.1, -0.05) is 50.5 Å². The van der Waals surface area contributed by atoms with Crippen molar-refractivity contribution < 1.29 is 0 Å². The van der Waals surface area contributed by atoms with Crippen LogP contribution in [-0.2, 0) is 5.54 Å². The number of nitrogens with two attached hydrogens (primary N) is 1. The van der Waals surface area contributed by atoms with Crippen molar-refractivity contribution in [2.45, 2.75) is 69.4 Å². The molecule has 1 aromatic carbocycles. The molecule has 2 heteroatoms. The molecule has 0 amide bonds. The molecule has 0 heterocycles. The summed E-state index contributed by atoms with van der Waals surface area (Å²) in [5, 5.41) is 3.97. The van der Waals surface area contributed by atoms with Gasteiger partial charge in [0.05, 0.1) is 5.54 Å². The maximum Gasteiger partial charge on any atom is 0.0563 e. The lowest BCUT2D eigenvalue weighted by atomic mass is 9.71. The third-order valence-electron chi connectivity index (χ3n) is 5.45. The molecule has 0 spiro atoms. The van der Waals surface area contributed by atoms with Crippen molar-refractivity contribution in [1.29, 1.82) is 0 Å². The van der Waals surface area contributed by atoms with Gasteiger partial charge in [0.1, 0.15) is 0 Å². The van der Waals surface area contributed by atoms with Crippen LogP contribution in [0, 0.1) is 0 Å². The van der Waals surface area contributed by atoms with Crippen LogP contribution in [0.25, 0.3) is 0 Å². The Morgan fingerprint density at radius 3 is 2.65 bits per heavy atom. The summed E-state index contributed by atoms with van der Waals surface area (Å²) in [6.07, 6.45) is 9.21. The van der Waals surface area contributed by atoms with E-state index in [1.54, 1.807) is 0 Å². The van der Waals surface area contributed by atoms with Gasteiger partial charge in [0, 0.05) is 12.6 Å². The zero-order valence-electron chi connectivity index (χ0n) is 12.7. The number of benzene rings is 1. The number of rotatable bonds is 3. The van der Waals surface area contributed by atoms with E-state index < -0.39 is 0 Å². The minimum Gasteiger partial charge on any atom is -0.328 e. The van der Waals surface area contributed by atoms with Crippen LogP contribution in [0.1, 0.15) is 68.9 Å². The van der Waals surface area contributed by atoms with Gasteiger partial charge >= 0.3 is 0 Å². The molecule has 2 unspecified atom stereocenters.